The molecule has 3 heteroatoms. The standard InChI is InChI=1S/C18H23NO2/c20-17-14-9-5-2-6-10-15(12-14)18(21)19-16(17)11-13-7-3-1-4-8-13/h1,3-4,7-8,14-16H,2,5-6,9-12H2,(H,19,21)/t14?,15-,16+/m1/s1. The number of ketones is 1. The second kappa shape index (κ2) is 6.42. The average molecular weight is 285 g/mol. The second-order valence-corrected chi connectivity index (χ2v) is 6.42. The van der Waals surface area contributed by atoms with Crippen LogP contribution in [0.5, 0.6) is 0 Å². The van der Waals surface area contributed by atoms with Crippen molar-refractivity contribution in [1.82, 2.24) is 5.32 Å². The largest absolute Gasteiger partial charge is 0.346 e. The molecular formula is C18H23NO2. The van der Waals surface area contributed by atoms with Crippen LogP contribution in [0.15, 0.2) is 30.3 Å². The molecule has 1 aliphatic carbocycles. The van der Waals surface area contributed by atoms with Crippen molar-refractivity contribution < 1.29 is 9.59 Å². The van der Waals surface area contributed by atoms with Crippen LogP contribution in [0.1, 0.15) is 44.1 Å². The van der Waals surface area contributed by atoms with Gasteiger partial charge in [-0.1, -0.05) is 49.6 Å². The van der Waals surface area contributed by atoms with Gasteiger partial charge in [0.1, 0.15) is 0 Å². The predicted molar refractivity (Wildman–Crippen MR) is 81.8 cm³/mol. The van der Waals surface area contributed by atoms with Gasteiger partial charge in [-0.2, -0.15) is 0 Å². The lowest BCUT2D eigenvalue weighted by Gasteiger charge is -2.21. The number of benzene rings is 1. The van der Waals surface area contributed by atoms with Gasteiger partial charge in [0, 0.05) is 11.8 Å². The third-order valence-electron chi connectivity index (χ3n) is 4.89. The summed E-state index contributed by atoms with van der Waals surface area (Å²) in [6.07, 6.45) is 6.66. The van der Waals surface area contributed by atoms with E-state index in [2.05, 4.69) is 5.32 Å². The molecule has 0 aromatic heterocycles. The Kier molecular flexibility index (Phi) is 4.37. The van der Waals surface area contributed by atoms with Gasteiger partial charge in [0.05, 0.1) is 6.04 Å². The van der Waals surface area contributed by atoms with Crippen LogP contribution in [0, 0.1) is 11.8 Å². The number of rotatable bonds is 2. The number of hydrogen-bond donors (Lipinski definition) is 1. The van der Waals surface area contributed by atoms with Gasteiger partial charge in [-0.25, -0.2) is 0 Å². The Labute approximate surface area is 126 Å². The minimum atomic E-state index is -0.340. The molecule has 3 nitrogen and oxygen atoms in total. The number of Topliss-reactive ketones (excluding diaryl/α,β-unsaturated/α-hetero) is 1. The Morgan fingerprint density at radius 3 is 2.43 bits per heavy atom. The monoisotopic (exact) mass is 285 g/mol. The topological polar surface area (TPSA) is 46.2 Å². The number of hydrogen-bond acceptors (Lipinski definition) is 2. The molecule has 1 aliphatic heterocycles. The molecule has 2 aliphatic rings. The number of fused-ring (bicyclic) bond motifs is 2. The summed E-state index contributed by atoms with van der Waals surface area (Å²) in [7, 11) is 0. The lowest BCUT2D eigenvalue weighted by Crippen LogP contribution is -2.43. The van der Waals surface area contributed by atoms with Crippen LogP contribution >= 0.6 is 0 Å². The molecule has 112 valence electrons. The third kappa shape index (κ3) is 3.34. The SMILES string of the molecule is O=C1N[C@@H](Cc2ccccc2)C(=O)C2CCCCC[C@@H]1C2. The molecular weight excluding hydrogens is 262 g/mol. The summed E-state index contributed by atoms with van der Waals surface area (Å²) in [5.41, 5.74) is 1.11. The Morgan fingerprint density at radius 2 is 1.67 bits per heavy atom. The zero-order chi connectivity index (χ0) is 14.7. The Balaban J connectivity index is 1.80. The van der Waals surface area contributed by atoms with Gasteiger partial charge in [-0.3, -0.25) is 9.59 Å². The fourth-order valence-corrected chi connectivity index (χ4v) is 3.68. The molecule has 1 heterocycles. The Morgan fingerprint density at radius 1 is 0.952 bits per heavy atom. The maximum Gasteiger partial charge on any atom is 0.223 e. The lowest BCUT2D eigenvalue weighted by atomic mass is 9.81. The molecule has 1 amide bonds. The van der Waals surface area contributed by atoms with E-state index in [1.54, 1.807) is 0 Å². The maximum absolute atomic E-state index is 12.8. The average Bonchev–Trinajstić information content (AvgIpc) is 2.57. The van der Waals surface area contributed by atoms with E-state index in [0.717, 1.165) is 44.1 Å². The minimum Gasteiger partial charge on any atom is -0.346 e. The van der Waals surface area contributed by atoms with Crippen molar-refractivity contribution in [2.45, 2.75) is 51.0 Å². The zero-order valence-corrected chi connectivity index (χ0v) is 12.4. The highest BCUT2D eigenvalue weighted by Crippen LogP contribution is 2.31. The van der Waals surface area contributed by atoms with Gasteiger partial charge in [-0.05, 0) is 31.2 Å². The van der Waals surface area contributed by atoms with Crippen LogP contribution in [0.2, 0.25) is 0 Å². The summed E-state index contributed by atoms with van der Waals surface area (Å²) in [6, 6.07) is 9.63. The molecule has 3 rings (SSSR count). The Bertz CT molecular complexity index is 511. The molecule has 21 heavy (non-hydrogen) atoms. The number of carbonyl (C=O) groups is 2. The van der Waals surface area contributed by atoms with Crippen LogP contribution in [0.4, 0.5) is 0 Å². The molecule has 1 aromatic rings. The lowest BCUT2D eigenvalue weighted by molar-refractivity contribution is -0.128. The van der Waals surface area contributed by atoms with E-state index in [1.807, 2.05) is 30.3 Å². The van der Waals surface area contributed by atoms with Gasteiger partial charge >= 0.3 is 0 Å². The molecule has 2 fully saturated rings. The van der Waals surface area contributed by atoms with Gasteiger partial charge in [-0.15, -0.1) is 0 Å². The van der Waals surface area contributed by atoms with E-state index in [4.69, 9.17) is 0 Å². The van der Waals surface area contributed by atoms with Gasteiger partial charge in [0.15, 0.2) is 5.78 Å². The van der Waals surface area contributed by atoms with Crippen molar-refractivity contribution in [3.63, 3.8) is 0 Å². The Hall–Kier alpha value is -1.64. The van der Waals surface area contributed by atoms with E-state index in [9.17, 15) is 9.59 Å². The summed E-state index contributed by atoms with van der Waals surface area (Å²) in [6.45, 7) is 0. The summed E-state index contributed by atoms with van der Waals surface area (Å²) in [4.78, 5) is 25.1. The fourth-order valence-electron chi connectivity index (χ4n) is 3.68. The number of amides is 1. The highest BCUT2D eigenvalue weighted by Gasteiger charge is 2.37. The highest BCUT2D eigenvalue weighted by molar-refractivity contribution is 5.93. The van der Waals surface area contributed by atoms with Crippen molar-refractivity contribution in [1.29, 1.82) is 0 Å². The molecule has 0 radical (unpaired) electrons. The summed E-state index contributed by atoms with van der Waals surface area (Å²) < 4.78 is 0. The van der Waals surface area contributed by atoms with E-state index in [-0.39, 0.29) is 29.6 Å². The van der Waals surface area contributed by atoms with Crippen LogP contribution in [0.25, 0.3) is 0 Å². The third-order valence-corrected chi connectivity index (χ3v) is 4.89. The van der Waals surface area contributed by atoms with Crippen molar-refractivity contribution in [2.75, 3.05) is 0 Å². The smallest absolute Gasteiger partial charge is 0.223 e. The van der Waals surface area contributed by atoms with E-state index in [0.29, 0.717) is 6.42 Å². The van der Waals surface area contributed by atoms with Gasteiger partial charge in [0.2, 0.25) is 5.91 Å². The molecule has 1 N–H and O–H groups in total. The molecule has 3 atom stereocenters. The van der Waals surface area contributed by atoms with E-state index >= 15 is 0 Å². The molecule has 2 bridgehead atoms. The number of carbonyl (C=O) groups excluding carboxylic acids is 2. The van der Waals surface area contributed by atoms with E-state index in [1.165, 1.54) is 0 Å². The summed E-state index contributed by atoms with van der Waals surface area (Å²) >= 11 is 0. The van der Waals surface area contributed by atoms with Gasteiger partial charge in [0.25, 0.3) is 0 Å². The van der Waals surface area contributed by atoms with Crippen molar-refractivity contribution >= 4 is 11.7 Å². The number of nitrogens with one attached hydrogen (secondary N) is 1. The quantitative estimate of drug-likeness (QED) is 0.908. The predicted octanol–water partition coefficient (Wildman–Crippen LogP) is 2.88. The first-order chi connectivity index (χ1) is 10.2. The molecule has 1 saturated carbocycles. The first-order valence-electron chi connectivity index (χ1n) is 8.12. The van der Waals surface area contributed by atoms with Crippen LogP contribution in [-0.4, -0.2) is 17.7 Å². The highest BCUT2D eigenvalue weighted by atomic mass is 16.2. The minimum absolute atomic E-state index is 0.0417. The summed E-state index contributed by atoms with van der Waals surface area (Å²) in [5.74, 6) is 0.452. The first kappa shape index (κ1) is 14.3. The first-order valence-corrected chi connectivity index (χ1v) is 8.12. The normalized spacial score (nSPS) is 30.0. The van der Waals surface area contributed by atoms with Crippen LogP contribution < -0.4 is 5.32 Å². The fraction of sp³-hybridized carbons (Fsp3) is 0.556. The molecule has 0 spiro atoms. The van der Waals surface area contributed by atoms with Crippen LogP contribution in [0.3, 0.4) is 0 Å². The molecule has 1 aromatic carbocycles. The van der Waals surface area contributed by atoms with Crippen molar-refractivity contribution in [2.24, 2.45) is 11.8 Å². The van der Waals surface area contributed by atoms with Crippen molar-refractivity contribution in [3.8, 4) is 0 Å². The van der Waals surface area contributed by atoms with Gasteiger partial charge < -0.3 is 5.32 Å². The zero-order valence-electron chi connectivity index (χ0n) is 12.4. The van der Waals surface area contributed by atoms with Crippen molar-refractivity contribution in [3.05, 3.63) is 35.9 Å². The molecule has 1 saturated heterocycles. The van der Waals surface area contributed by atoms with E-state index < -0.39 is 0 Å². The maximum atomic E-state index is 12.8. The second-order valence-electron chi connectivity index (χ2n) is 6.42. The molecule has 1 unspecified atom stereocenters. The van der Waals surface area contributed by atoms with Crippen LogP contribution in [-0.2, 0) is 16.0 Å². The summed E-state index contributed by atoms with van der Waals surface area (Å²) in [5, 5.41) is 3.02.